The molecule has 0 aliphatic carbocycles. The first-order valence-corrected chi connectivity index (χ1v) is 9.33. The van der Waals surface area contributed by atoms with E-state index in [1.807, 2.05) is 12.1 Å². The standard InChI is InChI=1S/C16H19ClO3S/c1-3-6-12(2)11-20-15-9-10-16(21(17,18)19)14-8-5-4-7-13(14)15/h4-5,7-10,12H,3,6,11H2,1-2H3. The number of rotatable bonds is 6. The SMILES string of the molecule is CCCC(C)COc1ccc(S(=O)(=O)Cl)c2ccccc12. The third kappa shape index (κ3) is 3.89. The van der Waals surface area contributed by atoms with Crippen molar-refractivity contribution in [2.24, 2.45) is 5.92 Å². The molecule has 2 aromatic carbocycles. The highest BCUT2D eigenvalue weighted by atomic mass is 35.7. The van der Waals surface area contributed by atoms with E-state index in [0.717, 1.165) is 18.2 Å². The highest BCUT2D eigenvalue weighted by molar-refractivity contribution is 8.14. The molecule has 21 heavy (non-hydrogen) atoms. The third-order valence-corrected chi connectivity index (χ3v) is 4.79. The van der Waals surface area contributed by atoms with Crippen LogP contribution in [0.4, 0.5) is 0 Å². The van der Waals surface area contributed by atoms with Crippen LogP contribution in [0.1, 0.15) is 26.7 Å². The van der Waals surface area contributed by atoms with Gasteiger partial charge in [-0.3, -0.25) is 0 Å². The summed E-state index contributed by atoms with van der Waals surface area (Å²) in [6, 6.07) is 10.4. The lowest BCUT2D eigenvalue weighted by Crippen LogP contribution is -2.08. The Morgan fingerprint density at radius 3 is 2.43 bits per heavy atom. The van der Waals surface area contributed by atoms with E-state index in [1.54, 1.807) is 18.2 Å². The fourth-order valence-corrected chi connectivity index (χ4v) is 3.47. The van der Waals surface area contributed by atoms with Gasteiger partial charge >= 0.3 is 0 Å². The van der Waals surface area contributed by atoms with Gasteiger partial charge in [0.2, 0.25) is 0 Å². The van der Waals surface area contributed by atoms with Crippen molar-refractivity contribution in [2.75, 3.05) is 6.61 Å². The highest BCUT2D eigenvalue weighted by Crippen LogP contribution is 2.32. The van der Waals surface area contributed by atoms with E-state index in [-0.39, 0.29) is 4.90 Å². The van der Waals surface area contributed by atoms with Crippen LogP contribution in [0.25, 0.3) is 10.8 Å². The Morgan fingerprint density at radius 1 is 1.14 bits per heavy atom. The van der Waals surface area contributed by atoms with Crippen molar-refractivity contribution >= 4 is 30.5 Å². The molecule has 5 heteroatoms. The first-order chi connectivity index (χ1) is 9.93. The number of ether oxygens (including phenoxy) is 1. The van der Waals surface area contributed by atoms with Crippen LogP contribution in [-0.2, 0) is 9.05 Å². The van der Waals surface area contributed by atoms with E-state index in [2.05, 4.69) is 13.8 Å². The molecule has 114 valence electrons. The van der Waals surface area contributed by atoms with E-state index in [1.165, 1.54) is 6.07 Å². The summed E-state index contributed by atoms with van der Waals surface area (Å²) >= 11 is 0. The van der Waals surface area contributed by atoms with Gasteiger partial charge in [-0.05, 0) is 24.5 Å². The Kier molecular flexibility index (Phi) is 5.12. The summed E-state index contributed by atoms with van der Waals surface area (Å²) < 4.78 is 29.1. The number of fused-ring (bicyclic) bond motifs is 1. The van der Waals surface area contributed by atoms with E-state index in [9.17, 15) is 8.42 Å². The molecule has 0 saturated carbocycles. The van der Waals surface area contributed by atoms with Gasteiger partial charge in [-0.1, -0.05) is 44.5 Å². The van der Waals surface area contributed by atoms with E-state index < -0.39 is 9.05 Å². The molecule has 0 spiro atoms. The first-order valence-electron chi connectivity index (χ1n) is 7.02. The third-order valence-electron chi connectivity index (χ3n) is 3.41. The van der Waals surface area contributed by atoms with Crippen molar-refractivity contribution < 1.29 is 13.2 Å². The van der Waals surface area contributed by atoms with Crippen molar-refractivity contribution in [1.82, 2.24) is 0 Å². The predicted molar refractivity (Wildman–Crippen MR) is 86.6 cm³/mol. The Hall–Kier alpha value is -1.26. The summed E-state index contributed by atoms with van der Waals surface area (Å²) in [5.74, 6) is 1.16. The lowest BCUT2D eigenvalue weighted by molar-refractivity contribution is 0.254. The van der Waals surface area contributed by atoms with Crippen LogP contribution < -0.4 is 4.74 Å². The van der Waals surface area contributed by atoms with Gasteiger partial charge in [0.25, 0.3) is 9.05 Å². The molecule has 0 amide bonds. The van der Waals surface area contributed by atoms with Crippen LogP contribution in [0.3, 0.4) is 0 Å². The van der Waals surface area contributed by atoms with Crippen LogP contribution in [0.15, 0.2) is 41.3 Å². The first kappa shape index (κ1) is 16.1. The second-order valence-corrected chi connectivity index (χ2v) is 7.78. The van der Waals surface area contributed by atoms with Crippen molar-refractivity contribution in [3.63, 3.8) is 0 Å². The minimum Gasteiger partial charge on any atom is -0.493 e. The zero-order chi connectivity index (χ0) is 15.5. The maximum absolute atomic E-state index is 11.6. The van der Waals surface area contributed by atoms with Gasteiger partial charge in [0, 0.05) is 21.5 Å². The predicted octanol–water partition coefficient (Wildman–Crippen LogP) is 4.58. The summed E-state index contributed by atoms with van der Waals surface area (Å²) in [6.07, 6.45) is 2.22. The molecular weight excluding hydrogens is 308 g/mol. The Bertz CT molecular complexity index is 725. The van der Waals surface area contributed by atoms with E-state index in [0.29, 0.717) is 23.7 Å². The number of halogens is 1. The van der Waals surface area contributed by atoms with Crippen molar-refractivity contribution in [1.29, 1.82) is 0 Å². The number of benzene rings is 2. The van der Waals surface area contributed by atoms with E-state index >= 15 is 0 Å². The molecular formula is C16H19ClO3S. The second-order valence-electron chi connectivity index (χ2n) is 5.25. The molecule has 0 aromatic heterocycles. The zero-order valence-electron chi connectivity index (χ0n) is 12.2. The van der Waals surface area contributed by atoms with Gasteiger partial charge in [-0.2, -0.15) is 0 Å². The van der Waals surface area contributed by atoms with Gasteiger partial charge in [0.1, 0.15) is 5.75 Å². The lowest BCUT2D eigenvalue weighted by atomic mass is 10.1. The van der Waals surface area contributed by atoms with Crippen LogP contribution in [0.5, 0.6) is 5.75 Å². The molecule has 0 fully saturated rings. The molecule has 0 aliphatic heterocycles. The lowest BCUT2D eigenvalue weighted by Gasteiger charge is -2.14. The Balaban J connectivity index is 2.39. The molecule has 1 atom stereocenters. The van der Waals surface area contributed by atoms with Gasteiger partial charge in [0.05, 0.1) is 11.5 Å². The largest absolute Gasteiger partial charge is 0.493 e. The molecule has 0 bridgehead atoms. The number of hydrogen-bond donors (Lipinski definition) is 0. The van der Waals surface area contributed by atoms with E-state index in [4.69, 9.17) is 15.4 Å². The molecule has 3 nitrogen and oxygen atoms in total. The van der Waals surface area contributed by atoms with Crippen LogP contribution in [-0.4, -0.2) is 15.0 Å². The van der Waals surface area contributed by atoms with Crippen molar-refractivity contribution in [3.8, 4) is 5.75 Å². The molecule has 0 aliphatic rings. The monoisotopic (exact) mass is 326 g/mol. The zero-order valence-corrected chi connectivity index (χ0v) is 13.7. The van der Waals surface area contributed by atoms with Crippen molar-refractivity contribution in [2.45, 2.75) is 31.6 Å². The average molecular weight is 327 g/mol. The van der Waals surface area contributed by atoms with Crippen LogP contribution in [0.2, 0.25) is 0 Å². The topological polar surface area (TPSA) is 43.4 Å². The molecule has 2 aromatic rings. The van der Waals surface area contributed by atoms with Gasteiger partial charge in [-0.15, -0.1) is 0 Å². The minimum atomic E-state index is -3.77. The van der Waals surface area contributed by atoms with Crippen LogP contribution >= 0.6 is 10.7 Å². The maximum Gasteiger partial charge on any atom is 0.261 e. The molecule has 1 unspecified atom stereocenters. The maximum atomic E-state index is 11.6. The average Bonchev–Trinajstić information content (AvgIpc) is 2.43. The highest BCUT2D eigenvalue weighted by Gasteiger charge is 2.16. The molecule has 0 heterocycles. The molecule has 0 radical (unpaired) electrons. The van der Waals surface area contributed by atoms with Gasteiger partial charge in [-0.25, -0.2) is 8.42 Å². The summed E-state index contributed by atoms with van der Waals surface area (Å²) in [5.41, 5.74) is 0. The summed E-state index contributed by atoms with van der Waals surface area (Å²) in [7, 11) is 1.72. The molecule has 0 saturated heterocycles. The number of hydrogen-bond acceptors (Lipinski definition) is 3. The normalized spacial score (nSPS) is 13.3. The van der Waals surface area contributed by atoms with Gasteiger partial charge < -0.3 is 4.74 Å². The van der Waals surface area contributed by atoms with Crippen molar-refractivity contribution in [3.05, 3.63) is 36.4 Å². The Morgan fingerprint density at radius 2 is 1.81 bits per heavy atom. The molecule has 2 rings (SSSR count). The summed E-state index contributed by atoms with van der Waals surface area (Å²) in [5, 5.41) is 1.36. The van der Waals surface area contributed by atoms with Gasteiger partial charge in [0.15, 0.2) is 0 Å². The smallest absolute Gasteiger partial charge is 0.261 e. The summed E-state index contributed by atoms with van der Waals surface area (Å²) in [4.78, 5) is 0.119. The quantitative estimate of drug-likeness (QED) is 0.730. The second kappa shape index (κ2) is 6.67. The minimum absolute atomic E-state index is 0.119. The Labute approximate surface area is 130 Å². The summed E-state index contributed by atoms with van der Waals surface area (Å²) in [6.45, 7) is 4.90. The van der Waals surface area contributed by atoms with Crippen LogP contribution in [0, 0.1) is 5.92 Å². The molecule has 0 N–H and O–H groups in total. The fraction of sp³-hybridized carbons (Fsp3) is 0.375. The fourth-order valence-electron chi connectivity index (χ4n) is 2.39.